The highest BCUT2D eigenvalue weighted by atomic mass is 15.3. The van der Waals surface area contributed by atoms with Gasteiger partial charge in [0.25, 0.3) is 0 Å². The quantitative estimate of drug-likeness (QED) is 0.443. The fourth-order valence-corrected chi connectivity index (χ4v) is 3.67. The molecule has 0 atom stereocenters. The van der Waals surface area contributed by atoms with Crippen LogP contribution in [-0.2, 0) is 13.0 Å². The Labute approximate surface area is 174 Å². The van der Waals surface area contributed by atoms with Gasteiger partial charge in [0.05, 0.1) is 6.54 Å². The van der Waals surface area contributed by atoms with Gasteiger partial charge in [-0.15, -0.1) is 16.8 Å². The van der Waals surface area contributed by atoms with Crippen LogP contribution < -0.4 is 10.2 Å². The van der Waals surface area contributed by atoms with Crippen molar-refractivity contribution in [2.24, 2.45) is 4.99 Å². The maximum Gasteiger partial charge on any atom is 0.194 e. The zero-order valence-electron chi connectivity index (χ0n) is 17.9. The summed E-state index contributed by atoms with van der Waals surface area (Å²) in [6.45, 7) is 16.4. The minimum Gasteiger partial charge on any atom is -0.368 e. The van der Waals surface area contributed by atoms with Crippen LogP contribution in [0.3, 0.4) is 0 Å². The molecule has 2 heterocycles. The lowest BCUT2D eigenvalue weighted by Crippen LogP contribution is -2.52. The van der Waals surface area contributed by atoms with E-state index in [1.54, 1.807) is 6.33 Å². The molecular formula is C22H33N7. The van der Waals surface area contributed by atoms with Gasteiger partial charge < -0.3 is 19.7 Å². The fraction of sp³-hybridized carbons (Fsp3) is 0.500. The molecule has 0 aliphatic carbocycles. The van der Waals surface area contributed by atoms with Gasteiger partial charge in [-0.05, 0) is 31.0 Å². The van der Waals surface area contributed by atoms with Gasteiger partial charge in [0.2, 0.25) is 0 Å². The molecule has 0 spiro atoms. The molecule has 156 valence electrons. The summed E-state index contributed by atoms with van der Waals surface area (Å²) in [6.07, 6.45) is 4.54. The Bertz CT molecular complexity index is 831. The van der Waals surface area contributed by atoms with E-state index in [1.807, 2.05) is 6.08 Å². The molecule has 29 heavy (non-hydrogen) atoms. The zero-order chi connectivity index (χ0) is 20.6. The molecule has 2 aromatic rings. The van der Waals surface area contributed by atoms with Gasteiger partial charge in [0.1, 0.15) is 12.2 Å². The largest absolute Gasteiger partial charge is 0.368 e. The van der Waals surface area contributed by atoms with Gasteiger partial charge in [0.15, 0.2) is 5.96 Å². The number of nitrogens with zero attached hydrogens (tertiary/aromatic N) is 6. The number of nitrogens with one attached hydrogen (secondary N) is 1. The van der Waals surface area contributed by atoms with Crippen LogP contribution in [0.25, 0.3) is 0 Å². The van der Waals surface area contributed by atoms with Gasteiger partial charge in [-0.2, -0.15) is 0 Å². The van der Waals surface area contributed by atoms with E-state index in [0.29, 0.717) is 13.1 Å². The van der Waals surface area contributed by atoms with E-state index in [1.165, 1.54) is 16.8 Å². The number of anilines is 1. The Balaban J connectivity index is 1.62. The monoisotopic (exact) mass is 395 g/mol. The number of rotatable bonds is 7. The summed E-state index contributed by atoms with van der Waals surface area (Å²) in [5.41, 5.74) is 4.07. The summed E-state index contributed by atoms with van der Waals surface area (Å²) >= 11 is 0. The zero-order valence-corrected chi connectivity index (χ0v) is 17.9. The molecule has 1 aliphatic rings. The van der Waals surface area contributed by atoms with Crippen molar-refractivity contribution in [3.05, 3.63) is 54.1 Å². The topological polar surface area (TPSA) is 61.6 Å². The Morgan fingerprint density at radius 3 is 2.76 bits per heavy atom. The number of hydrogen-bond donors (Lipinski definition) is 1. The van der Waals surface area contributed by atoms with Crippen molar-refractivity contribution in [1.29, 1.82) is 0 Å². The molecule has 7 nitrogen and oxygen atoms in total. The van der Waals surface area contributed by atoms with Crippen LogP contribution in [0.2, 0.25) is 0 Å². The first kappa shape index (κ1) is 20.9. The molecule has 1 aromatic heterocycles. The highest BCUT2D eigenvalue weighted by Gasteiger charge is 2.21. The van der Waals surface area contributed by atoms with E-state index in [4.69, 9.17) is 4.99 Å². The van der Waals surface area contributed by atoms with Crippen LogP contribution in [0.4, 0.5) is 5.69 Å². The Hall–Kier alpha value is -2.83. The third-order valence-electron chi connectivity index (χ3n) is 5.51. The molecule has 1 N–H and O–H groups in total. The van der Waals surface area contributed by atoms with E-state index in [9.17, 15) is 0 Å². The summed E-state index contributed by atoms with van der Waals surface area (Å²) in [7, 11) is 0. The van der Waals surface area contributed by atoms with Crippen LogP contribution in [-0.4, -0.2) is 64.9 Å². The van der Waals surface area contributed by atoms with Crippen molar-refractivity contribution in [2.45, 2.75) is 33.7 Å². The lowest BCUT2D eigenvalue weighted by atomic mass is 10.1. The SMILES string of the molecule is C=CCNC(=NCCn1cnnc1CC)N1CCN(c2cccc(C)c2C)CC1. The highest BCUT2D eigenvalue weighted by Crippen LogP contribution is 2.23. The Morgan fingerprint density at radius 2 is 2.03 bits per heavy atom. The second-order valence-corrected chi connectivity index (χ2v) is 7.36. The molecule has 0 unspecified atom stereocenters. The van der Waals surface area contributed by atoms with Gasteiger partial charge in [-0.25, -0.2) is 0 Å². The van der Waals surface area contributed by atoms with Crippen LogP contribution >= 0.6 is 0 Å². The predicted molar refractivity (Wildman–Crippen MR) is 120 cm³/mol. The van der Waals surface area contributed by atoms with Crippen molar-refractivity contribution in [3.8, 4) is 0 Å². The summed E-state index contributed by atoms with van der Waals surface area (Å²) < 4.78 is 2.08. The fourth-order valence-electron chi connectivity index (χ4n) is 3.67. The van der Waals surface area contributed by atoms with Gasteiger partial charge in [0, 0.05) is 51.4 Å². The summed E-state index contributed by atoms with van der Waals surface area (Å²) in [4.78, 5) is 9.68. The van der Waals surface area contributed by atoms with Crippen LogP contribution in [0, 0.1) is 13.8 Å². The van der Waals surface area contributed by atoms with Crippen molar-refractivity contribution in [1.82, 2.24) is 25.0 Å². The normalized spacial score (nSPS) is 14.9. The molecule has 1 aliphatic heterocycles. The Kier molecular flexibility index (Phi) is 7.27. The first-order chi connectivity index (χ1) is 14.1. The molecule has 0 bridgehead atoms. The average molecular weight is 396 g/mol. The van der Waals surface area contributed by atoms with E-state index >= 15 is 0 Å². The van der Waals surface area contributed by atoms with Crippen molar-refractivity contribution >= 4 is 11.6 Å². The lowest BCUT2D eigenvalue weighted by Gasteiger charge is -2.38. The molecule has 1 aromatic carbocycles. The second-order valence-electron chi connectivity index (χ2n) is 7.36. The molecule has 3 rings (SSSR count). The highest BCUT2D eigenvalue weighted by molar-refractivity contribution is 5.80. The minimum atomic E-state index is 0.696. The molecule has 0 amide bonds. The van der Waals surface area contributed by atoms with Crippen molar-refractivity contribution in [2.75, 3.05) is 44.2 Å². The molecule has 1 saturated heterocycles. The number of guanidine groups is 1. The van der Waals surface area contributed by atoms with Crippen molar-refractivity contribution in [3.63, 3.8) is 0 Å². The molecule has 0 radical (unpaired) electrons. The first-order valence-corrected chi connectivity index (χ1v) is 10.5. The predicted octanol–water partition coefficient (Wildman–Crippen LogP) is 2.41. The van der Waals surface area contributed by atoms with E-state index < -0.39 is 0 Å². The number of hydrogen-bond acceptors (Lipinski definition) is 4. The van der Waals surface area contributed by atoms with Crippen molar-refractivity contribution < 1.29 is 0 Å². The number of aliphatic imine (C=N–C) groups is 1. The third kappa shape index (κ3) is 5.16. The van der Waals surface area contributed by atoms with E-state index in [0.717, 1.165) is 50.9 Å². The minimum absolute atomic E-state index is 0.696. The number of piperazine rings is 1. The molecular weight excluding hydrogens is 362 g/mol. The average Bonchev–Trinajstić information content (AvgIpc) is 3.20. The Morgan fingerprint density at radius 1 is 1.24 bits per heavy atom. The number of benzene rings is 1. The lowest BCUT2D eigenvalue weighted by molar-refractivity contribution is 0.372. The maximum absolute atomic E-state index is 4.85. The maximum atomic E-state index is 4.85. The molecule has 1 fully saturated rings. The smallest absolute Gasteiger partial charge is 0.194 e. The molecule has 0 saturated carbocycles. The van der Waals surface area contributed by atoms with Crippen LogP contribution in [0.5, 0.6) is 0 Å². The number of aryl methyl sites for hydroxylation is 2. The van der Waals surface area contributed by atoms with Gasteiger partial charge in [-0.1, -0.05) is 25.1 Å². The second kappa shape index (κ2) is 10.1. The standard InChI is InChI=1S/C22H33N7/c1-5-10-23-22(24-11-12-29-17-25-26-21(29)6-2)28-15-13-27(14-16-28)20-9-7-8-18(3)19(20)4/h5,7-9,17H,1,6,10-16H2,2-4H3,(H,23,24). The third-order valence-corrected chi connectivity index (χ3v) is 5.51. The van der Waals surface area contributed by atoms with Crippen LogP contribution in [0.1, 0.15) is 23.9 Å². The number of aromatic nitrogens is 3. The van der Waals surface area contributed by atoms with Gasteiger partial charge in [-0.3, -0.25) is 4.99 Å². The summed E-state index contributed by atoms with van der Waals surface area (Å²) in [5, 5.41) is 11.6. The van der Waals surface area contributed by atoms with E-state index in [-0.39, 0.29) is 0 Å². The molecule has 7 heteroatoms. The summed E-state index contributed by atoms with van der Waals surface area (Å²) in [6, 6.07) is 6.56. The first-order valence-electron chi connectivity index (χ1n) is 10.5. The van der Waals surface area contributed by atoms with Gasteiger partial charge >= 0.3 is 0 Å². The van der Waals surface area contributed by atoms with Crippen LogP contribution in [0.15, 0.2) is 42.2 Å². The summed E-state index contributed by atoms with van der Waals surface area (Å²) in [5.74, 6) is 1.96. The van der Waals surface area contributed by atoms with E-state index in [2.05, 4.69) is 75.4 Å².